The third-order valence-electron chi connectivity index (χ3n) is 11.4. The Morgan fingerprint density at radius 3 is 2.46 bits per heavy atom. The summed E-state index contributed by atoms with van der Waals surface area (Å²) in [4.78, 5) is 43.5. The van der Waals surface area contributed by atoms with Crippen LogP contribution in [0.1, 0.15) is 110 Å². The Kier molecular flexibility index (Phi) is 12.9. The van der Waals surface area contributed by atoms with Crippen LogP contribution in [0.3, 0.4) is 0 Å². The number of benzene rings is 2. The van der Waals surface area contributed by atoms with Gasteiger partial charge >= 0.3 is 5.97 Å². The van der Waals surface area contributed by atoms with Crippen LogP contribution in [0, 0.1) is 76.2 Å². The SMILES string of the molecule is CCCCCC(=O)Oc1c(C)c(C)cc2c1[C@H]1C3Cc4c(O)c(C)c5c(c4[C@H](CNC(=O)C(C)NC(=O)CCC)N3[C@@H](C#N)[C@H](C2)N1C)OCO5.[Ac]. The largest absolute Gasteiger partial charge is 0.507 e. The molecule has 12 nitrogen and oxygen atoms in total. The molecule has 13 heteroatoms. The molecule has 0 saturated carbocycles. The second-order valence-electron chi connectivity index (χ2n) is 14.6. The number of hydrogen-bond acceptors (Lipinski definition) is 10. The molecule has 6 atom stereocenters. The maximum Gasteiger partial charge on any atom is 0.311 e. The third-order valence-corrected chi connectivity index (χ3v) is 11.4. The molecule has 52 heavy (non-hydrogen) atoms. The van der Waals surface area contributed by atoms with Gasteiger partial charge in [0.15, 0.2) is 11.5 Å². The van der Waals surface area contributed by atoms with Gasteiger partial charge in [0.1, 0.15) is 23.6 Å². The van der Waals surface area contributed by atoms with E-state index in [1.807, 2.05) is 27.8 Å². The van der Waals surface area contributed by atoms with Crippen molar-refractivity contribution < 1.29 is 77.8 Å². The number of aromatic hydroxyl groups is 1. The second kappa shape index (κ2) is 16.6. The number of esters is 1. The van der Waals surface area contributed by atoms with E-state index in [1.54, 1.807) is 13.8 Å². The first kappa shape index (κ1) is 40.3. The van der Waals surface area contributed by atoms with E-state index in [1.165, 1.54) is 0 Å². The van der Waals surface area contributed by atoms with Crippen molar-refractivity contribution in [2.45, 2.75) is 129 Å². The minimum atomic E-state index is -0.772. The molecule has 2 bridgehead atoms. The average molecular weight is 929 g/mol. The van der Waals surface area contributed by atoms with E-state index in [2.05, 4.69) is 39.5 Å². The van der Waals surface area contributed by atoms with Crippen molar-refractivity contribution in [3.63, 3.8) is 0 Å². The zero-order valence-electron chi connectivity index (χ0n) is 31.4. The molecule has 6 rings (SSSR count). The number of nitrogens with one attached hydrogen (secondary N) is 2. The molecule has 0 aliphatic carbocycles. The smallest absolute Gasteiger partial charge is 0.311 e. The van der Waals surface area contributed by atoms with E-state index < -0.39 is 18.1 Å². The second-order valence-corrected chi connectivity index (χ2v) is 14.6. The average Bonchev–Trinajstić information content (AvgIpc) is 3.59. The third kappa shape index (κ3) is 7.18. The summed E-state index contributed by atoms with van der Waals surface area (Å²) in [7, 11) is 2.03. The van der Waals surface area contributed by atoms with E-state index >= 15 is 0 Å². The molecule has 1 radical (unpaired) electrons. The summed E-state index contributed by atoms with van der Waals surface area (Å²) in [5, 5.41) is 28.5. The van der Waals surface area contributed by atoms with Crippen molar-refractivity contribution in [2.75, 3.05) is 20.4 Å². The van der Waals surface area contributed by atoms with Crippen molar-refractivity contribution in [3.8, 4) is 29.1 Å². The van der Waals surface area contributed by atoms with Gasteiger partial charge in [-0.25, -0.2) is 0 Å². The van der Waals surface area contributed by atoms with Crippen LogP contribution in [-0.4, -0.2) is 77.2 Å². The Balaban J connectivity index is 0.00000523. The topological polar surface area (TPSA) is 153 Å². The molecule has 1 fully saturated rings. The van der Waals surface area contributed by atoms with Crippen LogP contribution in [0.25, 0.3) is 0 Å². The summed E-state index contributed by atoms with van der Waals surface area (Å²) in [5.41, 5.74) is 5.85. The molecule has 4 aliphatic rings. The summed E-state index contributed by atoms with van der Waals surface area (Å²) in [6.45, 7) is 11.5. The molecule has 3 N–H and O–H groups in total. The normalized spacial score (nSPS) is 23.2. The van der Waals surface area contributed by atoms with Crippen molar-refractivity contribution in [1.29, 1.82) is 5.26 Å². The van der Waals surface area contributed by atoms with Crippen LogP contribution in [0.5, 0.6) is 23.0 Å². The first-order chi connectivity index (χ1) is 24.4. The Bertz CT molecular complexity index is 1780. The summed E-state index contributed by atoms with van der Waals surface area (Å²) < 4.78 is 18.2. The number of likely N-dealkylation sites (N-methyl/N-ethyl adjacent to an activating group) is 1. The van der Waals surface area contributed by atoms with Crippen molar-refractivity contribution in [3.05, 3.63) is 45.0 Å². The zero-order chi connectivity index (χ0) is 36.7. The Labute approximate surface area is 342 Å². The molecule has 1 saturated heterocycles. The van der Waals surface area contributed by atoms with Gasteiger partial charge in [-0.05, 0) is 77.1 Å². The van der Waals surface area contributed by atoms with Crippen LogP contribution in [0.2, 0.25) is 0 Å². The maximum atomic E-state index is 13.5. The van der Waals surface area contributed by atoms with Crippen molar-refractivity contribution in [2.24, 2.45) is 0 Å². The van der Waals surface area contributed by atoms with E-state index in [0.29, 0.717) is 66.0 Å². The van der Waals surface area contributed by atoms with Crippen molar-refractivity contribution in [1.82, 2.24) is 20.4 Å². The number of rotatable bonds is 11. The fourth-order valence-corrected chi connectivity index (χ4v) is 8.66. The number of nitriles is 1. The first-order valence-corrected chi connectivity index (χ1v) is 18.4. The number of carbonyl (C=O) groups is 3. The Morgan fingerprint density at radius 1 is 1.04 bits per heavy atom. The number of phenols is 1. The molecule has 4 heterocycles. The van der Waals surface area contributed by atoms with E-state index in [9.17, 15) is 24.8 Å². The van der Waals surface area contributed by atoms with Crippen LogP contribution < -0.4 is 24.8 Å². The number of hydrogen-bond donors (Lipinski definition) is 3. The van der Waals surface area contributed by atoms with Crippen LogP contribution in [-0.2, 0) is 27.2 Å². The number of unbranched alkanes of at least 4 members (excludes halogenated alkanes) is 2. The zero-order valence-corrected chi connectivity index (χ0v) is 36.2. The van der Waals surface area contributed by atoms with Gasteiger partial charge in [-0.3, -0.25) is 24.2 Å². The first-order valence-electron chi connectivity index (χ1n) is 18.4. The van der Waals surface area contributed by atoms with Gasteiger partial charge < -0.3 is 30.0 Å². The van der Waals surface area contributed by atoms with Crippen LogP contribution in [0.15, 0.2) is 6.07 Å². The Hall–Kier alpha value is -2.90. The predicted octanol–water partition coefficient (Wildman–Crippen LogP) is 4.72. The summed E-state index contributed by atoms with van der Waals surface area (Å²) in [6.07, 6.45) is 4.97. The van der Waals surface area contributed by atoms with Gasteiger partial charge in [0.25, 0.3) is 0 Å². The molecule has 4 aliphatic heterocycles. The number of amides is 2. The van der Waals surface area contributed by atoms with E-state index in [0.717, 1.165) is 41.5 Å². The van der Waals surface area contributed by atoms with Gasteiger partial charge in [-0.15, -0.1) is 0 Å². The van der Waals surface area contributed by atoms with E-state index in [-0.39, 0.29) is 99.1 Å². The molecule has 0 aromatic heterocycles. The number of aryl methyl sites for hydroxylation is 1. The quantitative estimate of drug-likeness (QED) is 0.164. The molecule has 2 aromatic rings. The number of nitrogens with zero attached hydrogens (tertiary/aromatic N) is 3. The number of phenolic OH excluding ortho intramolecular Hbond substituents is 1. The predicted molar refractivity (Wildman–Crippen MR) is 190 cm³/mol. The monoisotopic (exact) mass is 928 g/mol. The summed E-state index contributed by atoms with van der Waals surface area (Å²) in [6, 6.07) is 1.97. The van der Waals surface area contributed by atoms with E-state index in [4.69, 9.17) is 14.2 Å². The molecular weight excluding hydrogens is 877 g/mol. The van der Waals surface area contributed by atoms with Gasteiger partial charge in [-0.1, -0.05) is 32.8 Å². The van der Waals surface area contributed by atoms with Gasteiger partial charge in [0, 0.05) is 97.8 Å². The fraction of sp³-hybridized carbons (Fsp3) is 0.590. The number of ether oxygens (including phenoxy) is 3. The molecule has 2 aromatic carbocycles. The molecular formula is C39H51AcN5O7. The molecule has 2 amide bonds. The van der Waals surface area contributed by atoms with Gasteiger partial charge in [0.2, 0.25) is 18.6 Å². The molecule has 277 valence electrons. The van der Waals surface area contributed by atoms with Crippen LogP contribution >= 0.6 is 0 Å². The number of carbonyl (C=O) groups excluding carboxylic acids is 3. The minimum absolute atomic E-state index is 0. The summed E-state index contributed by atoms with van der Waals surface area (Å²) in [5.74, 6) is 0.828. The summed E-state index contributed by atoms with van der Waals surface area (Å²) >= 11 is 0. The standard InChI is InChI=1S/C39H51N5O7.Ac/c1-8-10-11-13-31(46)51-36-21(4)20(3)14-24-15-26-28(17-40)44-27(34(32(24)36)43(26)7)16-25-33(38-37(49-19-50-38)22(5)35(25)47)29(44)18-41-39(48)23(6)42-30(45)12-9-2;/h14,23,26-29,34,47H,8-13,15-16,18-19H2,1-7H3,(H,41,48)(H,42,45);/t23?,26-,27?,28-,29-,34+;/m0./s1. The maximum absolute atomic E-state index is 13.5. The van der Waals surface area contributed by atoms with Crippen LogP contribution in [0.4, 0.5) is 0 Å². The minimum Gasteiger partial charge on any atom is -0.507 e. The number of piperazine rings is 1. The van der Waals surface area contributed by atoms with Crippen molar-refractivity contribution >= 4 is 17.8 Å². The Morgan fingerprint density at radius 2 is 1.77 bits per heavy atom. The molecule has 0 spiro atoms. The van der Waals surface area contributed by atoms with Gasteiger partial charge in [0.05, 0.1) is 18.2 Å². The number of fused-ring (bicyclic) bond motifs is 9. The van der Waals surface area contributed by atoms with Gasteiger partial charge in [-0.2, -0.15) is 5.26 Å². The molecule has 2 unspecified atom stereocenters. The fourth-order valence-electron chi connectivity index (χ4n) is 8.66.